The van der Waals surface area contributed by atoms with E-state index in [0.29, 0.717) is 0 Å². The van der Waals surface area contributed by atoms with Crippen molar-refractivity contribution in [3.63, 3.8) is 0 Å². The molecule has 56 valence electrons. The largest absolute Gasteiger partial charge is 0.243 e. The molecule has 0 fully saturated rings. The molecule has 0 unspecified atom stereocenters. The molecule has 0 N–H and O–H groups in total. The Morgan fingerprint density at radius 1 is 1.10 bits per heavy atom. The summed E-state index contributed by atoms with van der Waals surface area (Å²) in [5.41, 5.74) is 0. The molecule has 0 spiro atoms. The van der Waals surface area contributed by atoms with Gasteiger partial charge in [0.15, 0.2) is 0 Å². The lowest BCUT2D eigenvalue weighted by Crippen LogP contribution is -1.80. The third-order valence-electron chi connectivity index (χ3n) is 0.902. The monoisotopic (exact) mass is 140 g/mol. The fourth-order valence-electron chi connectivity index (χ4n) is 0.457. The van der Waals surface area contributed by atoms with E-state index in [4.69, 9.17) is 0 Å². The van der Waals surface area contributed by atoms with Crippen molar-refractivity contribution in [2.45, 2.75) is 20.0 Å². The van der Waals surface area contributed by atoms with Gasteiger partial charge in [-0.1, -0.05) is 36.5 Å². The standard InChI is InChI=1S/C9H13F/c1-3-4-5-6-7-8-9(2)10/h3-9H,1-2H3/b4-3-,6-5-,8-7+/t9-/m0/s1. The van der Waals surface area contributed by atoms with Gasteiger partial charge >= 0.3 is 0 Å². The summed E-state index contributed by atoms with van der Waals surface area (Å²) in [6.45, 7) is 3.44. The van der Waals surface area contributed by atoms with Crippen LogP contribution in [0.1, 0.15) is 13.8 Å². The molecule has 0 bridgehead atoms. The molecule has 0 nitrogen and oxygen atoms in total. The molecule has 0 rings (SSSR count). The molecule has 1 heteroatoms. The van der Waals surface area contributed by atoms with Crippen LogP contribution in [0.15, 0.2) is 36.5 Å². The molecule has 0 heterocycles. The third-order valence-corrected chi connectivity index (χ3v) is 0.902. The van der Waals surface area contributed by atoms with Gasteiger partial charge in [-0.2, -0.15) is 0 Å². The van der Waals surface area contributed by atoms with Crippen molar-refractivity contribution in [1.29, 1.82) is 0 Å². The van der Waals surface area contributed by atoms with Gasteiger partial charge in [0.05, 0.1) is 0 Å². The summed E-state index contributed by atoms with van der Waals surface area (Å²) >= 11 is 0. The van der Waals surface area contributed by atoms with E-state index in [9.17, 15) is 4.39 Å². The van der Waals surface area contributed by atoms with Crippen LogP contribution < -0.4 is 0 Å². The van der Waals surface area contributed by atoms with Gasteiger partial charge in [0, 0.05) is 0 Å². The van der Waals surface area contributed by atoms with E-state index in [1.165, 1.54) is 13.0 Å². The van der Waals surface area contributed by atoms with Gasteiger partial charge in [-0.05, 0) is 13.8 Å². The highest BCUT2D eigenvalue weighted by Gasteiger charge is 1.83. The van der Waals surface area contributed by atoms with Gasteiger partial charge in [0.2, 0.25) is 0 Å². The van der Waals surface area contributed by atoms with Crippen molar-refractivity contribution in [3.8, 4) is 0 Å². The molecule has 0 aliphatic carbocycles. The molecular formula is C9H13F. The molecule has 0 aliphatic rings. The maximum absolute atomic E-state index is 12.1. The molecule has 0 aliphatic heterocycles. The van der Waals surface area contributed by atoms with Gasteiger partial charge in [-0.15, -0.1) is 0 Å². The lowest BCUT2D eigenvalue weighted by molar-refractivity contribution is 0.430. The Bertz CT molecular complexity index is 141. The number of rotatable bonds is 3. The van der Waals surface area contributed by atoms with Crippen LogP contribution in [0.5, 0.6) is 0 Å². The Labute approximate surface area is 61.8 Å². The predicted octanol–water partition coefficient (Wildman–Crippen LogP) is 3.03. The minimum absolute atomic E-state index is 0.852. The maximum atomic E-state index is 12.1. The Kier molecular flexibility index (Phi) is 5.74. The first-order chi connectivity index (χ1) is 4.77. The van der Waals surface area contributed by atoms with E-state index in [2.05, 4.69) is 0 Å². The molecule has 0 aromatic heterocycles. The molecule has 0 saturated heterocycles. The van der Waals surface area contributed by atoms with E-state index in [0.717, 1.165) is 0 Å². The van der Waals surface area contributed by atoms with Gasteiger partial charge in [-0.25, -0.2) is 4.39 Å². The average Bonchev–Trinajstić information content (AvgIpc) is 1.87. The van der Waals surface area contributed by atoms with Crippen LogP contribution in [0.25, 0.3) is 0 Å². The first-order valence-electron chi connectivity index (χ1n) is 3.37. The van der Waals surface area contributed by atoms with Crippen LogP contribution in [0.2, 0.25) is 0 Å². The zero-order chi connectivity index (χ0) is 7.82. The Balaban J connectivity index is 3.51. The zero-order valence-corrected chi connectivity index (χ0v) is 6.42. The second-order valence-electron chi connectivity index (χ2n) is 1.97. The third kappa shape index (κ3) is 7.15. The zero-order valence-electron chi connectivity index (χ0n) is 6.42. The van der Waals surface area contributed by atoms with Crippen LogP contribution in [0.3, 0.4) is 0 Å². The molecule has 0 aromatic rings. The molecule has 1 atom stereocenters. The number of hydrogen-bond acceptors (Lipinski definition) is 0. The topological polar surface area (TPSA) is 0 Å². The summed E-state index contributed by atoms with van der Waals surface area (Å²) in [4.78, 5) is 0. The lowest BCUT2D eigenvalue weighted by Gasteiger charge is -1.84. The summed E-state index contributed by atoms with van der Waals surface area (Å²) in [5, 5.41) is 0. The smallest absolute Gasteiger partial charge is 0.116 e. The normalized spacial score (nSPS) is 15.9. The van der Waals surface area contributed by atoms with Crippen LogP contribution in [0, 0.1) is 0 Å². The highest BCUT2D eigenvalue weighted by atomic mass is 19.1. The lowest BCUT2D eigenvalue weighted by atomic mass is 10.3. The van der Waals surface area contributed by atoms with Crippen molar-refractivity contribution in [2.24, 2.45) is 0 Å². The SMILES string of the molecule is C\C=C/C=C\C=C\[C@H](C)F. The van der Waals surface area contributed by atoms with Crippen LogP contribution in [0.4, 0.5) is 4.39 Å². The second kappa shape index (κ2) is 6.27. The van der Waals surface area contributed by atoms with E-state index >= 15 is 0 Å². The molecular weight excluding hydrogens is 127 g/mol. The molecule has 0 saturated carbocycles. The van der Waals surface area contributed by atoms with Gasteiger partial charge in [0.1, 0.15) is 6.17 Å². The number of allylic oxidation sites excluding steroid dienone is 6. The summed E-state index contributed by atoms with van der Waals surface area (Å²) in [5.74, 6) is 0. The highest BCUT2D eigenvalue weighted by Crippen LogP contribution is 1.89. The Hall–Kier alpha value is -0.850. The van der Waals surface area contributed by atoms with Crippen molar-refractivity contribution in [3.05, 3.63) is 36.5 Å². The van der Waals surface area contributed by atoms with E-state index in [1.54, 1.807) is 12.2 Å². The Morgan fingerprint density at radius 2 is 1.70 bits per heavy atom. The number of alkyl halides is 1. The molecule has 0 aromatic carbocycles. The number of hydrogen-bond donors (Lipinski definition) is 0. The number of halogens is 1. The quantitative estimate of drug-likeness (QED) is 0.528. The average molecular weight is 140 g/mol. The highest BCUT2D eigenvalue weighted by molar-refractivity contribution is 5.11. The maximum Gasteiger partial charge on any atom is 0.116 e. The molecule has 0 radical (unpaired) electrons. The predicted molar refractivity (Wildman–Crippen MR) is 43.7 cm³/mol. The van der Waals surface area contributed by atoms with Gasteiger partial charge in [-0.3, -0.25) is 0 Å². The van der Waals surface area contributed by atoms with Crippen molar-refractivity contribution < 1.29 is 4.39 Å². The summed E-state index contributed by atoms with van der Waals surface area (Å²) < 4.78 is 12.1. The fraction of sp³-hybridized carbons (Fsp3) is 0.333. The fourth-order valence-corrected chi connectivity index (χ4v) is 0.457. The van der Waals surface area contributed by atoms with Gasteiger partial charge in [0.25, 0.3) is 0 Å². The van der Waals surface area contributed by atoms with Crippen molar-refractivity contribution in [2.75, 3.05) is 0 Å². The minimum Gasteiger partial charge on any atom is -0.243 e. The first-order valence-corrected chi connectivity index (χ1v) is 3.37. The van der Waals surface area contributed by atoms with Crippen LogP contribution >= 0.6 is 0 Å². The summed E-state index contributed by atoms with van der Waals surface area (Å²) in [7, 11) is 0. The second-order valence-corrected chi connectivity index (χ2v) is 1.97. The Morgan fingerprint density at radius 3 is 2.20 bits per heavy atom. The molecule has 0 amide bonds. The van der Waals surface area contributed by atoms with Crippen LogP contribution in [-0.2, 0) is 0 Å². The van der Waals surface area contributed by atoms with Crippen molar-refractivity contribution in [1.82, 2.24) is 0 Å². The summed E-state index contributed by atoms with van der Waals surface area (Å²) in [6, 6.07) is 0. The van der Waals surface area contributed by atoms with Gasteiger partial charge < -0.3 is 0 Å². The minimum atomic E-state index is -0.852. The first kappa shape index (κ1) is 9.15. The summed E-state index contributed by atoms with van der Waals surface area (Å²) in [6.07, 6.45) is 9.83. The van der Waals surface area contributed by atoms with E-state index in [1.807, 2.05) is 25.2 Å². The molecule has 10 heavy (non-hydrogen) atoms. The van der Waals surface area contributed by atoms with Crippen molar-refractivity contribution >= 4 is 0 Å². The van der Waals surface area contributed by atoms with E-state index in [-0.39, 0.29) is 0 Å². The van der Waals surface area contributed by atoms with Crippen LogP contribution in [-0.4, -0.2) is 6.17 Å². The van der Waals surface area contributed by atoms with E-state index < -0.39 is 6.17 Å².